The number of hydrogen-bond acceptors (Lipinski definition) is 7. The van der Waals surface area contributed by atoms with Crippen LogP contribution in [0, 0.1) is 13.8 Å². The van der Waals surface area contributed by atoms with Gasteiger partial charge in [-0.2, -0.15) is 4.98 Å². The second-order valence-electron chi connectivity index (χ2n) is 10.0. The number of aromatic nitrogens is 6. The fraction of sp³-hybridized carbons (Fsp3) is 0.400. The maximum atomic E-state index is 12.3. The number of amides is 1. The van der Waals surface area contributed by atoms with Gasteiger partial charge in [0, 0.05) is 48.5 Å². The smallest absolute Gasteiger partial charge is 0.247 e. The van der Waals surface area contributed by atoms with E-state index in [0.717, 1.165) is 65.9 Å². The summed E-state index contributed by atoms with van der Waals surface area (Å²) in [6.07, 6.45) is 5.58. The number of carbonyl (C=O) groups is 1. The van der Waals surface area contributed by atoms with E-state index in [4.69, 9.17) is 9.97 Å². The highest BCUT2D eigenvalue weighted by atomic mass is 16.2. The van der Waals surface area contributed by atoms with Crippen molar-refractivity contribution < 1.29 is 4.79 Å². The van der Waals surface area contributed by atoms with Crippen LogP contribution in [-0.2, 0) is 10.2 Å². The Morgan fingerprint density at radius 3 is 2.69 bits per heavy atom. The molecular weight excluding hydrogens is 442 g/mol. The van der Waals surface area contributed by atoms with Crippen LogP contribution in [0.4, 0.5) is 23.1 Å². The molecule has 3 aromatic heterocycles. The molecule has 2 aliphatic heterocycles. The van der Waals surface area contributed by atoms with E-state index in [1.165, 1.54) is 0 Å². The second-order valence-corrected chi connectivity index (χ2v) is 10.0. The quantitative estimate of drug-likeness (QED) is 0.414. The average molecular weight is 472 g/mol. The first-order chi connectivity index (χ1) is 16.8. The van der Waals surface area contributed by atoms with Crippen LogP contribution in [0.3, 0.4) is 0 Å². The van der Waals surface area contributed by atoms with Crippen molar-refractivity contribution in [2.24, 2.45) is 0 Å². The fourth-order valence-corrected chi connectivity index (χ4v) is 5.01. The van der Waals surface area contributed by atoms with Crippen molar-refractivity contribution in [3.8, 4) is 0 Å². The van der Waals surface area contributed by atoms with Gasteiger partial charge in [-0.05, 0) is 58.2 Å². The largest absolute Gasteiger partial charge is 0.353 e. The zero-order valence-electron chi connectivity index (χ0n) is 20.4. The van der Waals surface area contributed by atoms with Crippen molar-refractivity contribution in [1.29, 1.82) is 0 Å². The molecule has 0 aliphatic carbocycles. The van der Waals surface area contributed by atoms with Crippen molar-refractivity contribution >= 4 is 34.7 Å². The van der Waals surface area contributed by atoms with Crippen LogP contribution in [-0.4, -0.2) is 48.5 Å². The lowest BCUT2D eigenvalue weighted by molar-refractivity contribution is -0.119. The van der Waals surface area contributed by atoms with Crippen LogP contribution in [0.15, 0.2) is 30.6 Å². The monoisotopic (exact) mass is 471 g/mol. The van der Waals surface area contributed by atoms with Crippen molar-refractivity contribution in [3.05, 3.63) is 53.4 Å². The Balaban J connectivity index is 1.21. The van der Waals surface area contributed by atoms with Gasteiger partial charge < -0.3 is 20.5 Å². The third-order valence-corrected chi connectivity index (χ3v) is 7.33. The van der Waals surface area contributed by atoms with E-state index in [1.54, 1.807) is 10.7 Å². The number of rotatable bonds is 4. The van der Waals surface area contributed by atoms with Gasteiger partial charge in [-0.1, -0.05) is 6.07 Å². The van der Waals surface area contributed by atoms with E-state index >= 15 is 0 Å². The minimum Gasteiger partial charge on any atom is -0.353 e. The molecule has 0 bridgehead atoms. The Morgan fingerprint density at radius 1 is 1.14 bits per heavy atom. The number of aromatic amines is 1. The molecule has 10 heteroatoms. The highest BCUT2D eigenvalue weighted by molar-refractivity contribution is 6.06. The Bertz CT molecular complexity index is 1420. The second kappa shape index (κ2) is 7.79. The lowest BCUT2D eigenvalue weighted by atomic mass is 9.86. The number of piperidine rings is 1. The van der Waals surface area contributed by atoms with E-state index in [0.29, 0.717) is 17.5 Å². The van der Waals surface area contributed by atoms with Gasteiger partial charge >= 0.3 is 0 Å². The molecule has 1 amide bonds. The number of nitrogens with one attached hydrogen (secondary N) is 3. The normalized spacial score (nSPS) is 17.6. The zero-order valence-corrected chi connectivity index (χ0v) is 20.4. The molecule has 2 aliphatic rings. The first kappa shape index (κ1) is 21.6. The number of carbonyl (C=O) groups excluding carboxylic acids is 1. The molecule has 4 aromatic rings. The minimum absolute atomic E-state index is 0.00677. The number of hydrogen-bond donors (Lipinski definition) is 3. The average Bonchev–Trinajstić information content (AvgIpc) is 3.47. The molecule has 0 atom stereocenters. The molecular formula is C25H29N9O. The predicted octanol–water partition coefficient (Wildman–Crippen LogP) is 3.82. The summed E-state index contributed by atoms with van der Waals surface area (Å²) in [4.78, 5) is 32.1. The molecule has 1 saturated heterocycles. The maximum absolute atomic E-state index is 12.3. The molecule has 180 valence electrons. The first-order valence-electron chi connectivity index (χ1n) is 12.0. The lowest BCUT2D eigenvalue weighted by Crippen LogP contribution is -2.34. The van der Waals surface area contributed by atoms with Gasteiger partial charge in [0.1, 0.15) is 5.82 Å². The Labute approximate surface area is 203 Å². The number of anilines is 4. The summed E-state index contributed by atoms with van der Waals surface area (Å²) in [5, 5.41) is 10.8. The molecule has 10 nitrogen and oxygen atoms in total. The number of benzene rings is 1. The molecule has 0 saturated carbocycles. The molecule has 35 heavy (non-hydrogen) atoms. The number of H-pyrrole nitrogens is 1. The summed E-state index contributed by atoms with van der Waals surface area (Å²) < 4.78 is 1.76. The van der Waals surface area contributed by atoms with Crippen LogP contribution in [0.25, 0.3) is 5.65 Å². The highest BCUT2D eigenvalue weighted by Crippen LogP contribution is 2.39. The van der Waals surface area contributed by atoms with Gasteiger partial charge in [-0.15, -0.1) is 5.10 Å². The number of aryl methyl sites for hydroxylation is 2. The van der Waals surface area contributed by atoms with E-state index in [9.17, 15) is 4.79 Å². The third kappa shape index (κ3) is 3.60. The number of fused-ring (bicyclic) bond motifs is 2. The molecule has 0 unspecified atom stereocenters. The SMILES string of the molecule is Cc1nc(C2CCN(c3nccn4nc(Nc5ccc6c(c5)NC(=O)C6(C)C)nc34)CC2)[nH]c1C. The first-order valence-corrected chi connectivity index (χ1v) is 12.0. The zero-order chi connectivity index (χ0) is 24.3. The van der Waals surface area contributed by atoms with Gasteiger partial charge in [-0.25, -0.2) is 14.5 Å². The summed E-state index contributed by atoms with van der Waals surface area (Å²) in [5.74, 6) is 2.85. The van der Waals surface area contributed by atoms with Crippen molar-refractivity contribution in [2.45, 2.75) is 51.9 Å². The van der Waals surface area contributed by atoms with E-state index in [2.05, 4.69) is 37.5 Å². The molecule has 0 radical (unpaired) electrons. The third-order valence-electron chi connectivity index (χ3n) is 7.33. The topological polar surface area (TPSA) is 116 Å². The summed E-state index contributed by atoms with van der Waals surface area (Å²) in [6.45, 7) is 9.74. The van der Waals surface area contributed by atoms with Gasteiger partial charge in [0.15, 0.2) is 11.5 Å². The van der Waals surface area contributed by atoms with Gasteiger partial charge in [0.25, 0.3) is 0 Å². The number of imidazole rings is 1. The van der Waals surface area contributed by atoms with Gasteiger partial charge in [0.2, 0.25) is 11.9 Å². The Kier molecular flexibility index (Phi) is 4.80. The van der Waals surface area contributed by atoms with Crippen LogP contribution < -0.4 is 15.5 Å². The number of nitrogens with zero attached hydrogens (tertiary/aromatic N) is 6. The Hall–Kier alpha value is -3.95. The van der Waals surface area contributed by atoms with Crippen LogP contribution in [0.2, 0.25) is 0 Å². The van der Waals surface area contributed by atoms with E-state index in [-0.39, 0.29) is 5.91 Å². The lowest BCUT2D eigenvalue weighted by Gasteiger charge is -2.31. The standard InChI is InChI=1S/C25H29N9O/c1-14-15(2)28-20(27-14)16-7-10-33(11-8-16)21-22-31-24(32-34(22)12-9-26-21)29-17-5-6-18-19(13-17)30-23(35)25(18,3)4/h5-6,9,12-13,16H,7-8,10-11H2,1-4H3,(H,27,28)(H,29,32)(H,30,35). The Morgan fingerprint density at radius 2 is 1.94 bits per heavy atom. The summed E-state index contributed by atoms with van der Waals surface area (Å²) in [6, 6.07) is 5.86. The summed E-state index contributed by atoms with van der Waals surface area (Å²) in [7, 11) is 0. The molecule has 1 aromatic carbocycles. The molecule has 1 fully saturated rings. The highest BCUT2D eigenvalue weighted by Gasteiger charge is 2.38. The maximum Gasteiger partial charge on any atom is 0.247 e. The van der Waals surface area contributed by atoms with Crippen molar-refractivity contribution in [3.63, 3.8) is 0 Å². The molecule has 3 N–H and O–H groups in total. The van der Waals surface area contributed by atoms with Gasteiger partial charge in [0.05, 0.1) is 11.1 Å². The van der Waals surface area contributed by atoms with Crippen molar-refractivity contribution in [2.75, 3.05) is 28.6 Å². The predicted molar refractivity (Wildman–Crippen MR) is 134 cm³/mol. The summed E-state index contributed by atoms with van der Waals surface area (Å²) in [5.41, 5.74) is 5.04. The van der Waals surface area contributed by atoms with Crippen molar-refractivity contribution in [1.82, 2.24) is 29.5 Å². The van der Waals surface area contributed by atoms with Crippen LogP contribution in [0.5, 0.6) is 0 Å². The van der Waals surface area contributed by atoms with Crippen LogP contribution >= 0.6 is 0 Å². The van der Waals surface area contributed by atoms with E-state index in [1.807, 2.05) is 45.2 Å². The van der Waals surface area contributed by atoms with Crippen LogP contribution in [0.1, 0.15) is 55.4 Å². The summed E-state index contributed by atoms with van der Waals surface area (Å²) >= 11 is 0. The molecule has 6 rings (SSSR count). The molecule has 0 spiro atoms. The van der Waals surface area contributed by atoms with Gasteiger partial charge in [-0.3, -0.25) is 4.79 Å². The minimum atomic E-state index is -0.530. The van der Waals surface area contributed by atoms with E-state index < -0.39 is 5.41 Å². The molecule has 5 heterocycles. The fourth-order valence-electron chi connectivity index (χ4n) is 5.01.